The third kappa shape index (κ3) is 6.39. The molecule has 0 aromatic rings. The number of carbonyl (C=O) groups excluding carboxylic acids is 1. The minimum atomic E-state index is -3.03. The van der Waals surface area contributed by atoms with Gasteiger partial charge in [-0.2, -0.15) is 0 Å². The Hall–Kier alpha value is -0.780. The van der Waals surface area contributed by atoms with Crippen molar-refractivity contribution in [3.05, 3.63) is 0 Å². The molecule has 0 aliphatic rings. The van der Waals surface area contributed by atoms with Crippen molar-refractivity contribution >= 4 is 15.9 Å². The molecular weight excluding hydrogens is 192 g/mol. The maximum Gasteiger partial charge on any atom is 0.317 e. The van der Waals surface area contributed by atoms with Gasteiger partial charge in [0.1, 0.15) is 9.84 Å². The van der Waals surface area contributed by atoms with Gasteiger partial charge in [0.2, 0.25) is 0 Å². The lowest BCUT2D eigenvalue weighted by molar-refractivity contribution is 0.215. The van der Waals surface area contributed by atoms with Crippen molar-refractivity contribution in [2.24, 2.45) is 0 Å². The first-order valence-corrected chi connectivity index (χ1v) is 5.94. The summed E-state index contributed by atoms with van der Waals surface area (Å²) in [5.41, 5.74) is 0. The predicted octanol–water partition coefficient (Wildman–Crippen LogP) is -0.309. The Morgan fingerprint density at radius 3 is 2.23 bits per heavy atom. The van der Waals surface area contributed by atoms with Crippen molar-refractivity contribution in [3.8, 4) is 0 Å². The first-order valence-electron chi connectivity index (χ1n) is 3.88. The van der Waals surface area contributed by atoms with E-state index >= 15 is 0 Å². The smallest absolute Gasteiger partial charge is 0.317 e. The lowest BCUT2D eigenvalue weighted by Gasteiger charge is -2.16. The SMILES string of the molecule is CC(CS(C)(=O)=O)NC(=O)N(C)C. The minimum Gasteiger partial charge on any atom is -0.335 e. The van der Waals surface area contributed by atoms with Gasteiger partial charge in [0, 0.05) is 26.4 Å². The fourth-order valence-corrected chi connectivity index (χ4v) is 1.83. The number of nitrogens with zero attached hydrogens (tertiary/aromatic N) is 1. The Labute approximate surface area is 79.0 Å². The highest BCUT2D eigenvalue weighted by molar-refractivity contribution is 7.90. The van der Waals surface area contributed by atoms with E-state index in [1.165, 1.54) is 4.90 Å². The van der Waals surface area contributed by atoms with Gasteiger partial charge in [-0.15, -0.1) is 0 Å². The molecule has 0 aliphatic carbocycles. The summed E-state index contributed by atoms with van der Waals surface area (Å²) < 4.78 is 21.7. The van der Waals surface area contributed by atoms with Crippen LogP contribution in [0.25, 0.3) is 0 Å². The molecular formula is C7H16N2O3S. The second-order valence-electron chi connectivity index (χ2n) is 3.34. The van der Waals surface area contributed by atoms with Gasteiger partial charge in [-0.1, -0.05) is 0 Å². The number of rotatable bonds is 3. The van der Waals surface area contributed by atoms with Crippen LogP contribution < -0.4 is 5.32 Å². The number of nitrogens with one attached hydrogen (secondary N) is 1. The van der Waals surface area contributed by atoms with Gasteiger partial charge in [0.25, 0.3) is 0 Å². The van der Waals surface area contributed by atoms with Crippen LogP contribution in [0.3, 0.4) is 0 Å². The van der Waals surface area contributed by atoms with E-state index in [4.69, 9.17) is 0 Å². The van der Waals surface area contributed by atoms with Crippen LogP contribution >= 0.6 is 0 Å². The highest BCUT2D eigenvalue weighted by atomic mass is 32.2. The summed E-state index contributed by atoms with van der Waals surface area (Å²) in [5, 5.41) is 2.54. The van der Waals surface area contributed by atoms with Crippen LogP contribution in [0.4, 0.5) is 4.79 Å². The summed E-state index contributed by atoms with van der Waals surface area (Å²) >= 11 is 0. The van der Waals surface area contributed by atoms with Gasteiger partial charge in [0.05, 0.1) is 5.75 Å². The van der Waals surface area contributed by atoms with Crippen molar-refractivity contribution < 1.29 is 13.2 Å². The van der Waals surface area contributed by atoms with Gasteiger partial charge >= 0.3 is 6.03 Å². The first kappa shape index (κ1) is 12.2. The number of urea groups is 1. The maximum atomic E-state index is 11.1. The molecule has 5 nitrogen and oxygen atoms in total. The van der Waals surface area contributed by atoms with Crippen LogP contribution in [0.5, 0.6) is 0 Å². The second-order valence-corrected chi connectivity index (χ2v) is 5.52. The van der Waals surface area contributed by atoms with E-state index in [1.807, 2.05) is 0 Å². The summed E-state index contributed by atoms with van der Waals surface area (Å²) in [4.78, 5) is 12.4. The molecule has 1 N–H and O–H groups in total. The topological polar surface area (TPSA) is 66.5 Å². The fraction of sp³-hybridized carbons (Fsp3) is 0.857. The fourth-order valence-electron chi connectivity index (χ4n) is 0.836. The molecule has 0 heterocycles. The average molecular weight is 208 g/mol. The van der Waals surface area contributed by atoms with Gasteiger partial charge in [0.15, 0.2) is 0 Å². The Bertz CT molecular complexity index is 271. The molecule has 6 heteroatoms. The predicted molar refractivity (Wildman–Crippen MR) is 51.4 cm³/mol. The van der Waals surface area contributed by atoms with Crippen molar-refractivity contribution in [2.45, 2.75) is 13.0 Å². The van der Waals surface area contributed by atoms with Gasteiger partial charge < -0.3 is 10.2 Å². The van der Waals surface area contributed by atoms with Crippen LogP contribution in [0.1, 0.15) is 6.92 Å². The van der Waals surface area contributed by atoms with E-state index < -0.39 is 9.84 Å². The van der Waals surface area contributed by atoms with Crippen LogP contribution in [0, 0.1) is 0 Å². The van der Waals surface area contributed by atoms with Crippen molar-refractivity contribution in [3.63, 3.8) is 0 Å². The standard InChI is InChI=1S/C7H16N2O3S/c1-6(5-13(4,11)12)8-7(10)9(2)3/h6H,5H2,1-4H3,(H,8,10). The van der Waals surface area contributed by atoms with Crippen LogP contribution in [0.15, 0.2) is 0 Å². The molecule has 0 bridgehead atoms. The van der Waals surface area contributed by atoms with Gasteiger partial charge in [-0.3, -0.25) is 0 Å². The van der Waals surface area contributed by atoms with E-state index in [1.54, 1.807) is 21.0 Å². The van der Waals surface area contributed by atoms with Crippen molar-refractivity contribution in [1.82, 2.24) is 10.2 Å². The Morgan fingerprint density at radius 2 is 1.92 bits per heavy atom. The van der Waals surface area contributed by atoms with Crippen molar-refractivity contribution in [1.29, 1.82) is 0 Å². The maximum absolute atomic E-state index is 11.1. The summed E-state index contributed by atoms with van der Waals surface area (Å²) in [7, 11) is 0.171. The quantitative estimate of drug-likeness (QED) is 0.692. The van der Waals surface area contributed by atoms with E-state index in [0.717, 1.165) is 6.26 Å². The number of hydrogen-bond acceptors (Lipinski definition) is 3. The number of carbonyl (C=O) groups is 1. The van der Waals surface area contributed by atoms with E-state index in [-0.39, 0.29) is 17.8 Å². The molecule has 13 heavy (non-hydrogen) atoms. The Morgan fingerprint density at radius 1 is 1.46 bits per heavy atom. The van der Waals surface area contributed by atoms with Gasteiger partial charge in [-0.25, -0.2) is 13.2 Å². The highest BCUT2D eigenvalue weighted by Crippen LogP contribution is 1.91. The van der Waals surface area contributed by atoms with E-state index in [9.17, 15) is 13.2 Å². The minimum absolute atomic E-state index is 0.0351. The zero-order valence-electron chi connectivity index (χ0n) is 8.36. The highest BCUT2D eigenvalue weighted by Gasteiger charge is 2.13. The summed E-state index contributed by atoms with van der Waals surface area (Å²) in [5.74, 6) is -0.0351. The van der Waals surface area contributed by atoms with E-state index in [2.05, 4.69) is 5.32 Å². The second kappa shape index (κ2) is 4.45. The molecule has 0 radical (unpaired) electrons. The third-order valence-corrected chi connectivity index (χ3v) is 2.43. The monoisotopic (exact) mass is 208 g/mol. The molecule has 1 unspecified atom stereocenters. The normalized spacial score (nSPS) is 13.5. The molecule has 0 saturated carbocycles. The Balaban J connectivity index is 4.03. The summed E-state index contributed by atoms with van der Waals surface area (Å²) in [6.45, 7) is 1.66. The zero-order chi connectivity index (χ0) is 10.6. The molecule has 1 atom stereocenters. The summed E-state index contributed by atoms with van der Waals surface area (Å²) in [6.07, 6.45) is 1.14. The molecule has 0 rings (SSSR count). The number of amides is 2. The van der Waals surface area contributed by atoms with Crippen LogP contribution in [-0.4, -0.2) is 51.5 Å². The third-order valence-electron chi connectivity index (χ3n) is 1.33. The largest absolute Gasteiger partial charge is 0.335 e. The molecule has 0 fully saturated rings. The van der Waals surface area contributed by atoms with Gasteiger partial charge in [-0.05, 0) is 6.92 Å². The average Bonchev–Trinajstić information content (AvgIpc) is 1.81. The first-order chi connectivity index (χ1) is 5.72. The van der Waals surface area contributed by atoms with E-state index in [0.29, 0.717) is 0 Å². The molecule has 0 aliphatic heterocycles. The number of hydrogen-bond donors (Lipinski definition) is 1. The van der Waals surface area contributed by atoms with Crippen molar-refractivity contribution in [2.75, 3.05) is 26.1 Å². The lowest BCUT2D eigenvalue weighted by atomic mass is 10.4. The molecule has 0 aromatic heterocycles. The van der Waals surface area contributed by atoms with Crippen LogP contribution in [0.2, 0.25) is 0 Å². The zero-order valence-corrected chi connectivity index (χ0v) is 9.18. The molecule has 0 spiro atoms. The molecule has 78 valence electrons. The number of sulfone groups is 1. The lowest BCUT2D eigenvalue weighted by Crippen LogP contribution is -2.42. The Kier molecular flexibility index (Phi) is 4.19. The summed E-state index contributed by atoms with van der Waals surface area (Å²) in [6, 6.07) is -0.638. The molecule has 0 aromatic carbocycles. The molecule has 2 amide bonds. The molecule has 0 saturated heterocycles. The van der Waals surface area contributed by atoms with Crippen LogP contribution in [-0.2, 0) is 9.84 Å².